The van der Waals surface area contributed by atoms with Crippen LogP contribution in [0.4, 0.5) is 5.82 Å². The Balaban J connectivity index is 1.78. The van der Waals surface area contributed by atoms with Crippen molar-refractivity contribution in [3.8, 4) is 5.75 Å². The summed E-state index contributed by atoms with van der Waals surface area (Å²) in [7, 11) is 1.49. The van der Waals surface area contributed by atoms with Gasteiger partial charge in [0.2, 0.25) is 11.8 Å². The number of hydrogen-bond donors (Lipinski definition) is 4. The van der Waals surface area contributed by atoms with Gasteiger partial charge in [-0.25, -0.2) is 4.98 Å². The van der Waals surface area contributed by atoms with Gasteiger partial charge in [0.25, 0.3) is 0 Å². The van der Waals surface area contributed by atoms with Crippen LogP contribution in [-0.4, -0.2) is 36.0 Å². The van der Waals surface area contributed by atoms with E-state index in [4.69, 9.17) is 16.2 Å². The molecule has 0 radical (unpaired) electrons. The van der Waals surface area contributed by atoms with E-state index in [0.29, 0.717) is 18.6 Å². The fourth-order valence-electron chi connectivity index (χ4n) is 2.58. The summed E-state index contributed by atoms with van der Waals surface area (Å²) < 4.78 is 5.10. The van der Waals surface area contributed by atoms with Crippen molar-refractivity contribution in [3.63, 3.8) is 0 Å². The highest BCUT2D eigenvalue weighted by Gasteiger charge is 2.20. The molecule has 8 heteroatoms. The Kier molecular flexibility index (Phi) is 7.76. The van der Waals surface area contributed by atoms with Gasteiger partial charge in [-0.15, -0.1) is 0 Å². The highest BCUT2D eigenvalue weighted by atomic mass is 16.5. The Morgan fingerprint density at radius 3 is 2.57 bits per heavy atom. The third-order valence-electron chi connectivity index (χ3n) is 4.30. The molecule has 0 saturated carbocycles. The number of rotatable bonds is 9. The summed E-state index contributed by atoms with van der Waals surface area (Å²) in [6.07, 6.45) is 2.75. The lowest BCUT2D eigenvalue weighted by molar-refractivity contribution is -0.129. The predicted molar refractivity (Wildman–Crippen MR) is 107 cm³/mol. The van der Waals surface area contributed by atoms with Crippen molar-refractivity contribution in [2.24, 2.45) is 5.73 Å². The first kappa shape index (κ1) is 21.2. The number of benzene rings is 1. The number of hydrogen-bond acceptors (Lipinski definition) is 6. The normalized spacial score (nSPS) is 12.7. The van der Waals surface area contributed by atoms with Crippen molar-refractivity contribution in [1.29, 1.82) is 0 Å². The van der Waals surface area contributed by atoms with Crippen LogP contribution in [0.15, 0.2) is 42.6 Å². The second-order valence-corrected chi connectivity index (χ2v) is 6.51. The van der Waals surface area contributed by atoms with Gasteiger partial charge in [-0.1, -0.05) is 30.3 Å². The number of pyridine rings is 1. The van der Waals surface area contributed by atoms with E-state index in [2.05, 4.69) is 15.6 Å². The Hall–Kier alpha value is -3.13. The van der Waals surface area contributed by atoms with Crippen molar-refractivity contribution in [2.45, 2.75) is 38.4 Å². The fraction of sp³-hybridized carbons (Fsp3) is 0.350. The van der Waals surface area contributed by atoms with Crippen LogP contribution in [0.25, 0.3) is 0 Å². The maximum Gasteiger partial charge on any atom is 0.242 e. The number of amides is 2. The smallest absolute Gasteiger partial charge is 0.242 e. The van der Waals surface area contributed by atoms with Crippen LogP contribution in [0.3, 0.4) is 0 Å². The van der Waals surface area contributed by atoms with E-state index in [1.54, 1.807) is 19.2 Å². The number of methoxy groups -OCH3 is 1. The molecule has 2 amide bonds. The molecule has 1 aromatic heterocycles. The maximum atomic E-state index is 12.2. The first-order valence-electron chi connectivity index (χ1n) is 9.06. The van der Waals surface area contributed by atoms with Crippen LogP contribution in [0.2, 0.25) is 0 Å². The summed E-state index contributed by atoms with van der Waals surface area (Å²) in [6, 6.07) is 10.1. The zero-order chi connectivity index (χ0) is 20.5. The highest BCUT2D eigenvalue weighted by molar-refractivity contribution is 5.89. The van der Waals surface area contributed by atoms with Crippen molar-refractivity contribution in [2.75, 3.05) is 12.8 Å². The molecular weight excluding hydrogens is 358 g/mol. The van der Waals surface area contributed by atoms with Gasteiger partial charge in [0.05, 0.1) is 13.2 Å². The number of nitrogens with two attached hydrogens (primary N) is 2. The molecule has 0 aliphatic rings. The number of nitrogens with one attached hydrogen (secondary N) is 2. The second-order valence-electron chi connectivity index (χ2n) is 6.51. The topological polar surface area (TPSA) is 132 Å². The average molecular weight is 385 g/mol. The van der Waals surface area contributed by atoms with Gasteiger partial charge in [0, 0.05) is 12.7 Å². The molecule has 0 spiro atoms. The lowest BCUT2D eigenvalue weighted by atomic mass is 10.1. The number of carbonyl (C=O) groups excluding carboxylic acids is 2. The number of ether oxygens (including phenoxy) is 1. The van der Waals surface area contributed by atoms with Crippen LogP contribution < -0.4 is 26.8 Å². The highest BCUT2D eigenvalue weighted by Crippen LogP contribution is 2.18. The molecule has 0 unspecified atom stereocenters. The molecule has 2 aromatic rings. The summed E-state index contributed by atoms with van der Waals surface area (Å²) >= 11 is 0. The lowest BCUT2D eigenvalue weighted by Gasteiger charge is -2.17. The Bertz CT molecular complexity index is 798. The van der Waals surface area contributed by atoms with Gasteiger partial charge >= 0.3 is 0 Å². The van der Waals surface area contributed by atoms with Crippen molar-refractivity contribution in [3.05, 3.63) is 53.7 Å². The van der Waals surface area contributed by atoms with Gasteiger partial charge in [0.1, 0.15) is 6.04 Å². The number of nitrogens with zero attached hydrogens (tertiary/aromatic N) is 1. The number of aromatic nitrogens is 1. The van der Waals surface area contributed by atoms with Crippen LogP contribution in [-0.2, 0) is 22.6 Å². The van der Waals surface area contributed by atoms with E-state index in [0.717, 1.165) is 11.1 Å². The molecule has 0 saturated heterocycles. The molecule has 28 heavy (non-hydrogen) atoms. The molecule has 150 valence electrons. The quantitative estimate of drug-likeness (QED) is 0.504. The minimum atomic E-state index is -0.709. The first-order valence-corrected chi connectivity index (χ1v) is 9.06. The Morgan fingerprint density at radius 2 is 1.89 bits per heavy atom. The van der Waals surface area contributed by atoms with Crippen molar-refractivity contribution < 1.29 is 14.3 Å². The minimum absolute atomic E-state index is 0.239. The summed E-state index contributed by atoms with van der Waals surface area (Å²) in [6.45, 7) is 1.85. The largest absolute Gasteiger partial charge is 0.493 e. The molecule has 0 bridgehead atoms. The molecule has 6 N–H and O–H groups in total. The zero-order valence-corrected chi connectivity index (χ0v) is 16.1. The van der Waals surface area contributed by atoms with Gasteiger partial charge in [-0.3, -0.25) is 9.59 Å². The SMILES string of the molecule is COc1cc(CNC(=O)[C@H](C)NC(=O)[C@H](N)CCc2ccccc2)cnc1N. The minimum Gasteiger partial charge on any atom is -0.493 e. The Labute approximate surface area is 164 Å². The van der Waals surface area contributed by atoms with E-state index < -0.39 is 12.1 Å². The van der Waals surface area contributed by atoms with Crippen LogP contribution in [0.1, 0.15) is 24.5 Å². The summed E-state index contributed by atoms with van der Waals surface area (Å²) in [5.74, 6) is 0.0500. The van der Waals surface area contributed by atoms with Crippen molar-refractivity contribution in [1.82, 2.24) is 15.6 Å². The van der Waals surface area contributed by atoms with E-state index in [9.17, 15) is 9.59 Å². The second kappa shape index (κ2) is 10.3. The first-order chi connectivity index (χ1) is 13.4. The fourth-order valence-corrected chi connectivity index (χ4v) is 2.58. The number of carbonyl (C=O) groups is 2. The van der Waals surface area contributed by atoms with Crippen LogP contribution in [0, 0.1) is 0 Å². The van der Waals surface area contributed by atoms with Gasteiger partial charge in [-0.2, -0.15) is 0 Å². The van der Waals surface area contributed by atoms with Crippen molar-refractivity contribution >= 4 is 17.6 Å². The monoisotopic (exact) mass is 385 g/mol. The van der Waals surface area contributed by atoms with E-state index in [1.807, 2.05) is 30.3 Å². The van der Waals surface area contributed by atoms with E-state index in [-0.39, 0.29) is 24.2 Å². The molecular formula is C20H27N5O3. The summed E-state index contributed by atoms with van der Waals surface area (Å²) in [5, 5.41) is 5.39. The number of nitrogen functional groups attached to an aromatic ring is 1. The number of aryl methyl sites for hydroxylation is 1. The van der Waals surface area contributed by atoms with Gasteiger partial charge < -0.3 is 26.8 Å². The average Bonchev–Trinajstić information content (AvgIpc) is 2.71. The molecule has 0 fully saturated rings. The maximum absolute atomic E-state index is 12.2. The molecule has 2 rings (SSSR count). The zero-order valence-electron chi connectivity index (χ0n) is 16.1. The Morgan fingerprint density at radius 1 is 1.18 bits per heavy atom. The standard InChI is InChI=1S/C20H27N5O3/c1-13(19(26)24-12-15-10-17(28-2)18(22)23-11-15)25-20(27)16(21)9-8-14-6-4-3-5-7-14/h3-7,10-11,13,16H,8-9,12,21H2,1-2H3,(H2,22,23)(H,24,26)(H,25,27)/t13-,16+/m0/s1. The molecule has 1 aromatic carbocycles. The molecule has 0 aliphatic heterocycles. The third-order valence-corrected chi connectivity index (χ3v) is 4.30. The van der Waals surface area contributed by atoms with E-state index in [1.165, 1.54) is 7.11 Å². The van der Waals surface area contributed by atoms with Crippen LogP contribution in [0.5, 0.6) is 5.75 Å². The third kappa shape index (κ3) is 6.24. The molecule has 8 nitrogen and oxygen atoms in total. The van der Waals surface area contributed by atoms with Gasteiger partial charge in [-0.05, 0) is 37.0 Å². The molecule has 0 aliphatic carbocycles. The molecule has 1 heterocycles. The summed E-state index contributed by atoms with van der Waals surface area (Å²) in [4.78, 5) is 28.5. The van der Waals surface area contributed by atoms with Gasteiger partial charge in [0.15, 0.2) is 11.6 Å². The van der Waals surface area contributed by atoms with Crippen LogP contribution >= 0.6 is 0 Å². The number of anilines is 1. The summed E-state index contributed by atoms with van der Waals surface area (Å²) in [5.41, 5.74) is 13.5. The van der Waals surface area contributed by atoms with E-state index >= 15 is 0 Å². The molecule has 2 atom stereocenters. The predicted octanol–water partition coefficient (Wildman–Crippen LogP) is 0.753. The lowest BCUT2D eigenvalue weighted by Crippen LogP contribution is -2.50.